The molecule has 2 aromatic rings. The van der Waals surface area contributed by atoms with Crippen molar-refractivity contribution in [1.29, 1.82) is 0 Å². The molecule has 1 aliphatic carbocycles. The lowest BCUT2D eigenvalue weighted by atomic mass is 9.81. The van der Waals surface area contributed by atoms with Gasteiger partial charge in [0.15, 0.2) is 5.78 Å². The lowest BCUT2D eigenvalue weighted by molar-refractivity contribution is -0.384. The third kappa shape index (κ3) is 4.54. The molecule has 1 aliphatic heterocycles. The predicted molar refractivity (Wildman–Crippen MR) is 128 cm³/mol. The number of fused-ring (bicyclic) bond motifs is 1. The number of nitro groups is 1. The van der Waals surface area contributed by atoms with Crippen LogP contribution in [0.1, 0.15) is 33.6 Å². The van der Waals surface area contributed by atoms with Gasteiger partial charge in [-0.05, 0) is 18.9 Å². The number of benzene rings is 2. The predicted octanol–water partition coefficient (Wildman–Crippen LogP) is 3.76. The van der Waals surface area contributed by atoms with Crippen molar-refractivity contribution in [3.8, 4) is 0 Å². The SMILES string of the molecule is O=C(CN(C(=O)c1cccc([N+](=O)[O-])c1)N1C(=O)[C@H]2C[C@@H](Br)[C@@H](Br)C[C@H]2C1=O)c1ccccc1. The van der Waals surface area contributed by atoms with Crippen LogP contribution in [0.4, 0.5) is 5.69 Å². The number of carbonyl (C=O) groups is 4. The number of rotatable bonds is 6. The van der Waals surface area contributed by atoms with E-state index in [0.29, 0.717) is 18.4 Å². The molecule has 2 aromatic carbocycles. The van der Waals surface area contributed by atoms with E-state index in [1.54, 1.807) is 30.3 Å². The minimum atomic E-state index is -0.848. The molecule has 1 heterocycles. The smallest absolute Gasteiger partial charge is 0.273 e. The highest BCUT2D eigenvalue weighted by molar-refractivity contribution is 9.12. The van der Waals surface area contributed by atoms with E-state index < -0.39 is 46.8 Å². The fourth-order valence-corrected chi connectivity index (χ4v) is 5.54. The largest absolute Gasteiger partial charge is 0.292 e. The van der Waals surface area contributed by atoms with Gasteiger partial charge in [0.25, 0.3) is 23.4 Å². The first-order chi connectivity index (χ1) is 16.2. The highest BCUT2D eigenvalue weighted by Gasteiger charge is 2.54. The Labute approximate surface area is 211 Å². The van der Waals surface area contributed by atoms with Gasteiger partial charge < -0.3 is 0 Å². The van der Waals surface area contributed by atoms with Crippen LogP contribution >= 0.6 is 31.9 Å². The van der Waals surface area contributed by atoms with Crippen molar-refractivity contribution in [2.45, 2.75) is 22.5 Å². The zero-order valence-electron chi connectivity index (χ0n) is 17.7. The zero-order chi connectivity index (χ0) is 24.6. The fraction of sp³-hybridized carbons (Fsp3) is 0.304. The van der Waals surface area contributed by atoms with Crippen LogP contribution < -0.4 is 0 Å². The monoisotopic (exact) mass is 591 g/mol. The molecule has 0 unspecified atom stereocenters. The van der Waals surface area contributed by atoms with Crippen LogP contribution in [0.5, 0.6) is 0 Å². The molecule has 176 valence electrons. The quantitative estimate of drug-likeness (QED) is 0.166. The Kier molecular flexibility index (Phi) is 6.94. The van der Waals surface area contributed by atoms with Crippen LogP contribution in [0.3, 0.4) is 0 Å². The van der Waals surface area contributed by atoms with E-state index >= 15 is 0 Å². The Hall–Kier alpha value is -2.92. The van der Waals surface area contributed by atoms with Crippen LogP contribution in [0.25, 0.3) is 0 Å². The summed E-state index contributed by atoms with van der Waals surface area (Å²) >= 11 is 7.05. The van der Waals surface area contributed by atoms with Gasteiger partial charge in [-0.2, -0.15) is 5.01 Å². The Morgan fingerprint density at radius 3 is 2.06 bits per heavy atom. The van der Waals surface area contributed by atoms with Gasteiger partial charge in [-0.15, -0.1) is 0 Å². The molecule has 2 fully saturated rings. The minimum absolute atomic E-state index is 0.0303. The number of hydrogen-bond donors (Lipinski definition) is 0. The first kappa shape index (κ1) is 24.2. The number of Topliss-reactive ketones (excluding diaryl/α,β-unsaturated/α-hetero) is 1. The second kappa shape index (κ2) is 9.75. The molecule has 4 rings (SSSR count). The van der Waals surface area contributed by atoms with Gasteiger partial charge in [0.05, 0.1) is 16.8 Å². The summed E-state index contributed by atoms with van der Waals surface area (Å²) in [6.07, 6.45) is 0.792. The molecular formula is C23H19Br2N3O6. The maximum atomic E-state index is 13.5. The zero-order valence-corrected chi connectivity index (χ0v) is 20.8. The molecule has 1 saturated heterocycles. The van der Waals surface area contributed by atoms with E-state index in [-0.39, 0.29) is 20.9 Å². The summed E-state index contributed by atoms with van der Waals surface area (Å²) in [5.74, 6) is -3.70. The lowest BCUT2D eigenvalue weighted by Crippen LogP contribution is -2.52. The first-order valence-corrected chi connectivity index (χ1v) is 12.3. The highest BCUT2D eigenvalue weighted by Crippen LogP contribution is 2.43. The molecule has 3 amide bonds. The molecule has 4 atom stereocenters. The van der Waals surface area contributed by atoms with E-state index in [0.717, 1.165) is 16.1 Å². The molecular weight excluding hydrogens is 574 g/mol. The molecule has 1 saturated carbocycles. The van der Waals surface area contributed by atoms with Gasteiger partial charge >= 0.3 is 0 Å². The number of halogens is 2. The van der Waals surface area contributed by atoms with Crippen molar-refractivity contribution < 1.29 is 24.1 Å². The van der Waals surface area contributed by atoms with Gasteiger partial charge in [0.2, 0.25) is 0 Å². The van der Waals surface area contributed by atoms with Crippen LogP contribution in [0.2, 0.25) is 0 Å². The van der Waals surface area contributed by atoms with E-state index in [4.69, 9.17) is 0 Å². The molecule has 0 aromatic heterocycles. The maximum absolute atomic E-state index is 13.5. The Balaban J connectivity index is 1.72. The van der Waals surface area contributed by atoms with Gasteiger partial charge in [-0.1, -0.05) is 68.3 Å². The topological polar surface area (TPSA) is 118 Å². The summed E-state index contributed by atoms with van der Waals surface area (Å²) in [7, 11) is 0. The van der Waals surface area contributed by atoms with Gasteiger partial charge in [-0.25, -0.2) is 5.01 Å². The van der Waals surface area contributed by atoms with Crippen molar-refractivity contribution in [3.63, 3.8) is 0 Å². The average Bonchev–Trinajstić information content (AvgIpc) is 3.07. The number of non-ortho nitro benzene ring substituents is 1. The second-order valence-electron chi connectivity index (χ2n) is 8.16. The maximum Gasteiger partial charge on any atom is 0.273 e. The summed E-state index contributed by atoms with van der Waals surface area (Å²) in [6.45, 7) is -0.571. The normalized spacial score (nSPS) is 24.0. The summed E-state index contributed by atoms with van der Waals surface area (Å²) in [6, 6.07) is 13.1. The molecule has 0 radical (unpaired) electrons. The van der Waals surface area contributed by atoms with Gasteiger partial charge in [-0.3, -0.25) is 29.3 Å². The Morgan fingerprint density at radius 2 is 1.50 bits per heavy atom. The van der Waals surface area contributed by atoms with E-state index in [2.05, 4.69) is 31.9 Å². The Bertz CT molecular complexity index is 1150. The number of nitrogens with zero attached hydrogens (tertiary/aromatic N) is 3. The third-order valence-electron chi connectivity index (χ3n) is 6.06. The molecule has 11 heteroatoms. The number of nitro benzene ring substituents is 1. The van der Waals surface area contributed by atoms with Crippen molar-refractivity contribution in [2.24, 2.45) is 11.8 Å². The van der Waals surface area contributed by atoms with Gasteiger partial charge in [0, 0.05) is 32.9 Å². The molecule has 2 aliphatic rings. The first-order valence-electron chi connectivity index (χ1n) is 10.5. The van der Waals surface area contributed by atoms with E-state index in [9.17, 15) is 29.3 Å². The standard InChI is InChI=1S/C23H19Br2N3O6/c24-18-10-16-17(11-19(18)25)23(32)27(22(16)31)26(12-20(29)13-5-2-1-3-6-13)21(30)14-7-4-8-15(9-14)28(33)34/h1-9,16-19H,10-12H2/t16-,17+,18+,19-. The van der Waals surface area contributed by atoms with Crippen molar-refractivity contribution in [1.82, 2.24) is 10.0 Å². The lowest BCUT2D eigenvalue weighted by Gasteiger charge is -2.30. The molecule has 0 spiro atoms. The second-order valence-corrected chi connectivity index (χ2v) is 10.5. The summed E-state index contributed by atoms with van der Waals surface area (Å²) in [4.78, 5) is 63.6. The number of amides is 3. The summed E-state index contributed by atoms with van der Waals surface area (Å²) < 4.78 is 0. The average molecular weight is 593 g/mol. The summed E-state index contributed by atoms with van der Waals surface area (Å²) in [5, 5.41) is 12.8. The van der Waals surface area contributed by atoms with Crippen LogP contribution in [-0.4, -0.2) is 54.6 Å². The Morgan fingerprint density at radius 1 is 0.941 bits per heavy atom. The number of hydrogen-bond acceptors (Lipinski definition) is 6. The molecule has 34 heavy (non-hydrogen) atoms. The van der Waals surface area contributed by atoms with Crippen molar-refractivity contribution >= 4 is 61.1 Å². The van der Waals surface area contributed by atoms with E-state index in [1.165, 1.54) is 18.2 Å². The molecule has 0 N–H and O–H groups in total. The number of ketones is 1. The minimum Gasteiger partial charge on any atom is -0.292 e. The summed E-state index contributed by atoms with van der Waals surface area (Å²) in [5.41, 5.74) is -0.128. The van der Waals surface area contributed by atoms with Crippen LogP contribution in [-0.2, 0) is 9.59 Å². The van der Waals surface area contributed by atoms with Crippen LogP contribution in [0, 0.1) is 22.0 Å². The molecule has 9 nitrogen and oxygen atoms in total. The van der Waals surface area contributed by atoms with Crippen molar-refractivity contribution in [2.75, 3.05) is 6.54 Å². The van der Waals surface area contributed by atoms with Crippen LogP contribution in [0.15, 0.2) is 54.6 Å². The molecule has 0 bridgehead atoms. The third-order valence-corrected chi connectivity index (χ3v) is 8.79. The van der Waals surface area contributed by atoms with Gasteiger partial charge in [0.1, 0.15) is 6.54 Å². The number of hydrazine groups is 1. The van der Waals surface area contributed by atoms with Crippen molar-refractivity contribution in [3.05, 3.63) is 75.8 Å². The number of imide groups is 1. The van der Waals surface area contributed by atoms with E-state index in [1.807, 2.05) is 0 Å². The fourth-order valence-electron chi connectivity index (χ4n) is 4.30. The number of carbonyl (C=O) groups excluding carboxylic acids is 4. The number of alkyl halides is 2. The highest BCUT2D eigenvalue weighted by atomic mass is 79.9.